The molecule has 0 radical (unpaired) electrons. The van der Waals surface area contributed by atoms with Gasteiger partial charge in [0, 0.05) is 6.42 Å². The molecule has 27 heavy (non-hydrogen) atoms. The van der Waals surface area contributed by atoms with Gasteiger partial charge in [-0.05, 0) is 67.3 Å². The third kappa shape index (κ3) is 3.65. The van der Waals surface area contributed by atoms with Crippen LogP contribution in [0.4, 0.5) is 0 Å². The predicted molar refractivity (Wildman–Crippen MR) is 105 cm³/mol. The molecule has 1 saturated carbocycles. The van der Waals surface area contributed by atoms with Gasteiger partial charge in [-0.25, -0.2) is 8.42 Å². The van der Waals surface area contributed by atoms with E-state index >= 15 is 0 Å². The number of benzene rings is 2. The van der Waals surface area contributed by atoms with E-state index in [2.05, 4.69) is 5.32 Å². The lowest BCUT2D eigenvalue weighted by Gasteiger charge is -2.43. The fourth-order valence-corrected chi connectivity index (χ4v) is 5.48. The normalized spacial score (nSPS) is 17.8. The van der Waals surface area contributed by atoms with Crippen molar-refractivity contribution in [3.05, 3.63) is 65.2 Å². The molecular weight excluding hydrogens is 358 g/mol. The summed E-state index contributed by atoms with van der Waals surface area (Å²) in [6.07, 6.45) is 5.93. The second kappa shape index (κ2) is 7.12. The van der Waals surface area contributed by atoms with Crippen molar-refractivity contribution in [3.8, 4) is 0 Å². The first kappa shape index (κ1) is 18.2. The lowest BCUT2D eigenvalue weighted by Crippen LogP contribution is -2.51. The Morgan fingerprint density at radius 3 is 2.41 bits per heavy atom. The van der Waals surface area contributed by atoms with Crippen LogP contribution in [0.5, 0.6) is 0 Å². The predicted octanol–water partition coefficient (Wildman–Crippen LogP) is 3.53. The SMILES string of the molecule is O=C(CCS(=O)(=O)c1ccc2c(c1)CCC2)NC1(c2ccccc2)CCC1. The number of nitrogens with one attached hydrogen (secondary N) is 1. The summed E-state index contributed by atoms with van der Waals surface area (Å²) in [6, 6.07) is 15.4. The maximum atomic E-state index is 12.7. The summed E-state index contributed by atoms with van der Waals surface area (Å²) >= 11 is 0. The van der Waals surface area contributed by atoms with Crippen LogP contribution >= 0.6 is 0 Å². The van der Waals surface area contributed by atoms with Crippen LogP contribution in [0.25, 0.3) is 0 Å². The van der Waals surface area contributed by atoms with Crippen LogP contribution in [0.15, 0.2) is 53.4 Å². The molecule has 0 aliphatic heterocycles. The molecule has 2 aromatic carbocycles. The second-order valence-electron chi connectivity index (χ2n) is 7.70. The van der Waals surface area contributed by atoms with Crippen molar-refractivity contribution in [1.29, 1.82) is 0 Å². The number of carbonyl (C=O) groups is 1. The molecule has 2 aromatic rings. The molecular formula is C22H25NO3S. The van der Waals surface area contributed by atoms with Gasteiger partial charge in [0.05, 0.1) is 16.2 Å². The molecule has 1 amide bonds. The minimum Gasteiger partial charge on any atom is -0.347 e. The molecule has 142 valence electrons. The fraction of sp³-hybridized carbons (Fsp3) is 0.409. The summed E-state index contributed by atoms with van der Waals surface area (Å²) < 4.78 is 25.4. The molecule has 0 saturated heterocycles. The Morgan fingerprint density at radius 1 is 0.963 bits per heavy atom. The van der Waals surface area contributed by atoms with E-state index in [1.807, 2.05) is 36.4 Å². The van der Waals surface area contributed by atoms with Crippen molar-refractivity contribution in [2.75, 3.05) is 5.75 Å². The summed E-state index contributed by atoms with van der Waals surface area (Å²) in [6.45, 7) is 0. The maximum Gasteiger partial charge on any atom is 0.221 e. The zero-order valence-electron chi connectivity index (χ0n) is 15.4. The molecule has 0 bridgehead atoms. The van der Waals surface area contributed by atoms with Gasteiger partial charge in [0.25, 0.3) is 0 Å². The monoisotopic (exact) mass is 383 g/mol. The Bertz CT molecular complexity index is 947. The zero-order valence-corrected chi connectivity index (χ0v) is 16.2. The standard InChI is InChI=1S/C22H25NO3S/c24-21(23-22(13-5-14-22)19-8-2-1-3-9-19)12-15-27(25,26)20-11-10-17-6-4-7-18(17)16-20/h1-3,8-11,16H,4-7,12-15H2,(H,23,24). The van der Waals surface area contributed by atoms with Crippen molar-refractivity contribution < 1.29 is 13.2 Å². The number of fused-ring (bicyclic) bond motifs is 1. The van der Waals surface area contributed by atoms with E-state index in [1.165, 1.54) is 5.56 Å². The summed E-state index contributed by atoms with van der Waals surface area (Å²) in [5, 5.41) is 3.11. The van der Waals surface area contributed by atoms with Crippen molar-refractivity contribution in [3.63, 3.8) is 0 Å². The molecule has 4 rings (SSSR count). The lowest BCUT2D eigenvalue weighted by molar-refractivity contribution is -0.124. The van der Waals surface area contributed by atoms with E-state index in [9.17, 15) is 13.2 Å². The molecule has 0 aromatic heterocycles. The average Bonchev–Trinajstić information content (AvgIpc) is 3.12. The number of sulfone groups is 1. The molecule has 0 unspecified atom stereocenters. The highest BCUT2D eigenvalue weighted by molar-refractivity contribution is 7.91. The number of rotatable bonds is 6. The number of amides is 1. The van der Waals surface area contributed by atoms with Gasteiger partial charge in [0.1, 0.15) is 0 Å². The summed E-state index contributed by atoms with van der Waals surface area (Å²) in [5.41, 5.74) is 3.17. The van der Waals surface area contributed by atoms with E-state index in [-0.39, 0.29) is 23.6 Å². The van der Waals surface area contributed by atoms with Crippen LogP contribution < -0.4 is 5.32 Å². The van der Waals surface area contributed by atoms with E-state index in [4.69, 9.17) is 0 Å². The molecule has 0 spiro atoms. The van der Waals surface area contributed by atoms with Crippen LogP contribution in [0.2, 0.25) is 0 Å². The fourth-order valence-electron chi connectivity index (χ4n) is 4.19. The van der Waals surface area contributed by atoms with Gasteiger partial charge in [-0.1, -0.05) is 36.4 Å². The van der Waals surface area contributed by atoms with Crippen LogP contribution in [0.3, 0.4) is 0 Å². The number of aryl methyl sites for hydroxylation is 2. The first-order valence-electron chi connectivity index (χ1n) is 9.70. The van der Waals surface area contributed by atoms with Gasteiger partial charge < -0.3 is 5.32 Å². The number of hydrogen-bond acceptors (Lipinski definition) is 3. The van der Waals surface area contributed by atoms with E-state index in [1.54, 1.807) is 12.1 Å². The third-order valence-electron chi connectivity index (χ3n) is 5.94. The molecule has 0 heterocycles. The largest absolute Gasteiger partial charge is 0.347 e. The number of carbonyl (C=O) groups excluding carboxylic acids is 1. The van der Waals surface area contributed by atoms with E-state index in [0.717, 1.165) is 49.7 Å². The van der Waals surface area contributed by atoms with Gasteiger partial charge in [-0.2, -0.15) is 0 Å². The highest BCUT2D eigenvalue weighted by atomic mass is 32.2. The van der Waals surface area contributed by atoms with Crippen LogP contribution in [0, 0.1) is 0 Å². The average molecular weight is 384 g/mol. The van der Waals surface area contributed by atoms with E-state index < -0.39 is 9.84 Å². The molecule has 4 nitrogen and oxygen atoms in total. The first-order chi connectivity index (χ1) is 13.0. The van der Waals surface area contributed by atoms with Crippen molar-refractivity contribution >= 4 is 15.7 Å². The first-order valence-corrected chi connectivity index (χ1v) is 11.3. The van der Waals surface area contributed by atoms with Gasteiger partial charge in [-0.3, -0.25) is 4.79 Å². The van der Waals surface area contributed by atoms with Crippen molar-refractivity contribution in [1.82, 2.24) is 5.32 Å². The molecule has 5 heteroatoms. The Labute approximate surface area is 160 Å². The van der Waals surface area contributed by atoms with Crippen LogP contribution in [-0.4, -0.2) is 20.1 Å². The summed E-state index contributed by atoms with van der Waals surface area (Å²) in [5.74, 6) is -0.342. The Balaban J connectivity index is 1.41. The van der Waals surface area contributed by atoms with Crippen molar-refractivity contribution in [2.45, 2.75) is 55.4 Å². The highest BCUT2D eigenvalue weighted by Gasteiger charge is 2.39. The minimum atomic E-state index is -3.45. The van der Waals surface area contributed by atoms with Gasteiger partial charge in [0.15, 0.2) is 9.84 Å². The highest BCUT2D eigenvalue weighted by Crippen LogP contribution is 2.41. The zero-order chi connectivity index (χ0) is 18.9. The minimum absolute atomic E-state index is 0.00595. The Hall–Kier alpha value is -2.14. The van der Waals surface area contributed by atoms with Gasteiger partial charge in [0.2, 0.25) is 5.91 Å². The van der Waals surface area contributed by atoms with E-state index in [0.29, 0.717) is 4.90 Å². The van der Waals surface area contributed by atoms with Gasteiger partial charge >= 0.3 is 0 Å². The van der Waals surface area contributed by atoms with Gasteiger partial charge in [-0.15, -0.1) is 0 Å². The lowest BCUT2D eigenvalue weighted by atomic mass is 9.71. The maximum absolute atomic E-state index is 12.7. The topological polar surface area (TPSA) is 63.2 Å². The molecule has 1 N–H and O–H groups in total. The summed E-state index contributed by atoms with van der Waals surface area (Å²) in [4.78, 5) is 12.9. The smallest absolute Gasteiger partial charge is 0.221 e. The molecule has 1 fully saturated rings. The van der Waals surface area contributed by atoms with Crippen molar-refractivity contribution in [2.24, 2.45) is 0 Å². The number of hydrogen-bond donors (Lipinski definition) is 1. The third-order valence-corrected chi connectivity index (χ3v) is 7.65. The Kier molecular flexibility index (Phi) is 4.81. The Morgan fingerprint density at radius 2 is 1.70 bits per heavy atom. The molecule has 2 aliphatic carbocycles. The second-order valence-corrected chi connectivity index (χ2v) is 9.81. The quantitative estimate of drug-likeness (QED) is 0.830. The molecule has 2 aliphatic rings. The van der Waals surface area contributed by atoms with Crippen LogP contribution in [-0.2, 0) is 33.0 Å². The molecule has 0 atom stereocenters. The van der Waals surface area contributed by atoms with Crippen LogP contribution in [0.1, 0.15) is 48.8 Å². The summed E-state index contributed by atoms with van der Waals surface area (Å²) in [7, 11) is -3.45.